The van der Waals surface area contributed by atoms with Crippen LogP contribution in [0.4, 0.5) is 11.4 Å². The van der Waals surface area contributed by atoms with Gasteiger partial charge in [-0.05, 0) is 42.3 Å². The van der Waals surface area contributed by atoms with Crippen molar-refractivity contribution in [2.45, 2.75) is 13.3 Å². The van der Waals surface area contributed by atoms with Crippen LogP contribution < -0.4 is 11.1 Å². The van der Waals surface area contributed by atoms with Crippen LogP contribution in [-0.4, -0.2) is 21.5 Å². The number of thiazole rings is 1. The molecule has 0 saturated carbocycles. The Bertz CT molecular complexity index is 1060. The van der Waals surface area contributed by atoms with Gasteiger partial charge in [-0.15, -0.1) is 11.3 Å². The van der Waals surface area contributed by atoms with Gasteiger partial charge in [-0.3, -0.25) is 0 Å². The molecule has 0 amide bonds. The van der Waals surface area contributed by atoms with E-state index in [1.807, 2.05) is 29.9 Å². The number of nitrogens with one attached hydrogen (secondary N) is 2. The number of aromatic nitrogens is 3. The number of nitrogens with zero attached hydrogens (tertiary/aromatic N) is 2. The van der Waals surface area contributed by atoms with E-state index in [0.717, 1.165) is 40.0 Å². The number of hydrogen-bond acceptors (Lipinski definition) is 5. The zero-order valence-corrected chi connectivity index (χ0v) is 14.7. The standard InChI is InChI=1S/C19H19N5S/c1-2-12(5-7-20)17-10-14-15(6-8-21-19(14)24-17)23-13-3-4-16-18(9-13)25-11-22-16/h3-6,8-11H,2,7,20H2,1H3,(H2,21,23,24)/b12-5+. The van der Waals surface area contributed by atoms with Gasteiger partial charge >= 0.3 is 0 Å². The van der Waals surface area contributed by atoms with Crippen LogP contribution in [0.1, 0.15) is 19.0 Å². The summed E-state index contributed by atoms with van der Waals surface area (Å²) in [4.78, 5) is 12.2. The first-order valence-electron chi connectivity index (χ1n) is 8.26. The first-order chi connectivity index (χ1) is 12.3. The maximum atomic E-state index is 5.68. The summed E-state index contributed by atoms with van der Waals surface area (Å²) in [5.41, 5.74) is 13.8. The predicted octanol–water partition coefficient (Wildman–Crippen LogP) is 4.67. The third-order valence-electron chi connectivity index (χ3n) is 4.23. The molecule has 0 fully saturated rings. The molecular weight excluding hydrogens is 330 g/mol. The van der Waals surface area contributed by atoms with Crippen molar-refractivity contribution >= 4 is 49.5 Å². The van der Waals surface area contributed by atoms with Crippen LogP contribution in [0.2, 0.25) is 0 Å². The molecule has 0 saturated heterocycles. The van der Waals surface area contributed by atoms with E-state index >= 15 is 0 Å². The molecule has 3 heterocycles. The van der Waals surface area contributed by atoms with Crippen LogP contribution in [0, 0.1) is 0 Å². The highest BCUT2D eigenvalue weighted by Crippen LogP contribution is 2.30. The lowest BCUT2D eigenvalue weighted by atomic mass is 10.1. The number of aromatic amines is 1. The molecule has 0 aliphatic rings. The number of benzene rings is 1. The van der Waals surface area contributed by atoms with Crippen LogP contribution in [0.5, 0.6) is 0 Å². The van der Waals surface area contributed by atoms with E-state index < -0.39 is 0 Å². The summed E-state index contributed by atoms with van der Waals surface area (Å²) in [5.74, 6) is 0. The quantitative estimate of drug-likeness (QED) is 0.489. The second kappa shape index (κ2) is 6.66. The number of H-pyrrole nitrogens is 1. The van der Waals surface area contributed by atoms with Crippen molar-refractivity contribution in [2.24, 2.45) is 5.73 Å². The molecule has 0 atom stereocenters. The van der Waals surface area contributed by atoms with Gasteiger partial charge in [-0.25, -0.2) is 9.97 Å². The van der Waals surface area contributed by atoms with Crippen molar-refractivity contribution in [3.05, 3.63) is 53.8 Å². The molecule has 126 valence electrons. The molecule has 1 aromatic carbocycles. The summed E-state index contributed by atoms with van der Waals surface area (Å²) < 4.78 is 1.17. The van der Waals surface area contributed by atoms with E-state index in [9.17, 15) is 0 Å². The van der Waals surface area contributed by atoms with E-state index in [-0.39, 0.29) is 0 Å². The van der Waals surface area contributed by atoms with E-state index in [1.165, 1.54) is 10.3 Å². The van der Waals surface area contributed by atoms with E-state index in [0.29, 0.717) is 6.54 Å². The lowest BCUT2D eigenvalue weighted by molar-refractivity contribution is 1.16. The normalized spacial score (nSPS) is 12.2. The van der Waals surface area contributed by atoms with Crippen molar-refractivity contribution in [2.75, 3.05) is 11.9 Å². The largest absolute Gasteiger partial charge is 0.355 e. The van der Waals surface area contributed by atoms with Gasteiger partial charge in [0.2, 0.25) is 0 Å². The Morgan fingerprint density at radius 3 is 3.04 bits per heavy atom. The summed E-state index contributed by atoms with van der Waals surface area (Å²) in [5, 5.41) is 4.57. The lowest BCUT2D eigenvalue weighted by Crippen LogP contribution is -1.95. The number of pyridine rings is 1. The molecule has 0 bridgehead atoms. The second-order valence-electron chi connectivity index (χ2n) is 5.78. The summed E-state index contributed by atoms with van der Waals surface area (Å²) in [6.45, 7) is 2.66. The highest BCUT2D eigenvalue weighted by Gasteiger charge is 2.09. The fraction of sp³-hybridized carbons (Fsp3) is 0.158. The second-order valence-corrected chi connectivity index (χ2v) is 6.67. The predicted molar refractivity (Wildman–Crippen MR) is 106 cm³/mol. The fourth-order valence-electron chi connectivity index (χ4n) is 2.98. The van der Waals surface area contributed by atoms with Gasteiger partial charge in [0.25, 0.3) is 0 Å². The van der Waals surface area contributed by atoms with Gasteiger partial charge in [0.1, 0.15) is 5.65 Å². The first kappa shape index (κ1) is 15.8. The van der Waals surface area contributed by atoms with Crippen LogP contribution in [0.3, 0.4) is 0 Å². The first-order valence-corrected chi connectivity index (χ1v) is 9.14. The van der Waals surface area contributed by atoms with Crippen molar-refractivity contribution in [3.63, 3.8) is 0 Å². The third kappa shape index (κ3) is 3.01. The van der Waals surface area contributed by atoms with Gasteiger partial charge in [0.05, 0.1) is 21.4 Å². The SMILES string of the molecule is CC/C(=C\CN)c1cc2c(Nc3ccc4ncsc4c3)ccnc2[nH]1. The van der Waals surface area contributed by atoms with Crippen molar-refractivity contribution in [1.29, 1.82) is 0 Å². The molecule has 6 heteroatoms. The van der Waals surface area contributed by atoms with Gasteiger partial charge < -0.3 is 16.0 Å². The van der Waals surface area contributed by atoms with Crippen LogP contribution >= 0.6 is 11.3 Å². The van der Waals surface area contributed by atoms with Crippen LogP contribution in [0.25, 0.3) is 26.8 Å². The fourth-order valence-corrected chi connectivity index (χ4v) is 3.70. The number of allylic oxidation sites excluding steroid dienone is 1. The minimum atomic E-state index is 0.534. The van der Waals surface area contributed by atoms with E-state index in [1.54, 1.807) is 11.3 Å². The number of rotatable bonds is 5. The molecule has 0 unspecified atom stereocenters. The van der Waals surface area contributed by atoms with Crippen LogP contribution in [0.15, 0.2) is 48.1 Å². The molecule has 4 N–H and O–H groups in total. The number of anilines is 2. The van der Waals surface area contributed by atoms with Gasteiger partial charge in [0, 0.05) is 29.5 Å². The average Bonchev–Trinajstić information content (AvgIpc) is 3.26. The topological polar surface area (TPSA) is 79.6 Å². The van der Waals surface area contributed by atoms with Crippen molar-refractivity contribution in [3.8, 4) is 0 Å². The zero-order chi connectivity index (χ0) is 17.2. The monoisotopic (exact) mass is 349 g/mol. The van der Waals surface area contributed by atoms with Gasteiger partial charge in [-0.2, -0.15) is 0 Å². The Labute approximate surface area is 149 Å². The zero-order valence-electron chi connectivity index (χ0n) is 13.9. The minimum absolute atomic E-state index is 0.534. The lowest BCUT2D eigenvalue weighted by Gasteiger charge is -2.07. The molecule has 0 spiro atoms. The summed E-state index contributed by atoms with van der Waals surface area (Å²) in [6, 6.07) is 10.3. The van der Waals surface area contributed by atoms with Crippen LogP contribution in [-0.2, 0) is 0 Å². The average molecular weight is 349 g/mol. The Morgan fingerprint density at radius 2 is 2.20 bits per heavy atom. The number of fused-ring (bicyclic) bond motifs is 2. The van der Waals surface area contributed by atoms with Gasteiger partial charge in [-0.1, -0.05) is 13.0 Å². The molecular formula is C19H19N5S. The minimum Gasteiger partial charge on any atom is -0.355 e. The van der Waals surface area contributed by atoms with E-state index in [4.69, 9.17) is 5.73 Å². The smallest absolute Gasteiger partial charge is 0.139 e. The molecule has 0 radical (unpaired) electrons. The molecule has 5 nitrogen and oxygen atoms in total. The summed E-state index contributed by atoms with van der Waals surface area (Å²) in [7, 11) is 0. The van der Waals surface area contributed by atoms with E-state index in [2.05, 4.69) is 45.4 Å². The molecule has 25 heavy (non-hydrogen) atoms. The Balaban J connectivity index is 1.73. The molecule has 4 rings (SSSR count). The summed E-state index contributed by atoms with van der Waals surface area (Å²) in [6.07, 6.45) is 4.79. The highest BCUT2D eigenvalue weighted by molar-refractivity contribution is 7.16. The Hall–Kier alpha value is -2.70. The maximum absolute atomic E-state index is 5.68. The van der Waals surface area contributed by atoms with Crippen molar-refractivity contribution < 1.29 is 0 Å². The Morgan fingerprint density at radius 1 is 1.28 bits per heavy atom. The summed E-state index contributed by atoms with van der Waals surface area (Å²) >= 11 is 1.64. The number of nitrogens with two attached hydrogens (primary N) is 1. The molecule has 0 aliphatic heterocycles. The Kier molecular flexibility index (Phi) is 4.21. The maximum Gasteiger partial charge on any atom is 0.139 e. The van der Waals surface area contributed by atoms with Crippen molar-refractivity contribution in [1.82, 2.24) is 15.0 Å². The molecule has 4 aromatic rings. The molecule has 0 aliphatic carbocycles. The highest BCUT2D eigenvalue weighted by atomic mass is 32.1. The van der Waals surface area contributed by atoms with Gasteiger partial charge in [0.15, 0.2) is 0 Å². The third-order valence-corrected chi connectivity index (χ3v) is 5.02. The molecule has 3 aromatic heterocycles. The number of hydrogen-bond donors (Lipinski definition) is 3.